The number of amides is 2. The van der Waals surface area contributed by atoms with Crippen LogP contribution in [-0.4, -0.2) is 16.8 Å². The molecule has 2 rings (SSSR count). The van der Waals surface area contributed by atoms with Crippen molar-refractivity contribution < 1.29 is 22.6 Å². The van der Waals surface area contributed by atoms with Gasteiger partial charge in [0.2, 0.25) is 0 Å². The molecule has 0 aromatic carbocycles. The van der Waals surface area contributed by atoms with Gasteiger partial charge < -0.3 is 10.2 Å². The molecule has 18 heavy (non-hydrogen) atoms. The maximum atomic E-state index is 13.0. The Bertz CT molecular complexity index is 517. The van der Waals surface area contributed by atoms with Crippen LogP contribution in [0.15, 0.2) is 33.9 Å². The average Bonchev–Trinajstić information content (AvgIpc) is 2.86. The zero-order valence-corrected chi connectivity index (χ0v) is 9.56. The first kappa shape index (κ1) is 12.4. The number of halogens is 2. The number of allylic oxidation sites excluding steroid dienone is 1. The molecule has 1 aromatic rings. The standard InChI is InChI=1S/C11H10F2N3O2/c1-11(12,13)9-4-3-8(18-9)7-16(10(14)17)6-2-5-15-16/h2-4,6H,7H2,1H3,(H-,14,17)/p+1. The van der Waals surface area contributed by atoms with E-state index in [1.807, 2.05) is 0 Å². The van der Waals surface area contributed by atoms with E-state index in [9.17, 15) is 13.6 Å². The van der Waals surface area contributed by atoms with E-state index in [0.717, 1.165) is 6.92 Å². The van der Waals surface area contributed by atoms with E-state index in [4.69, 9.17) is 10.2 Å². The molecule has 2 N–H and O–H groups in total. The number of alkyl halides is 2. The number of urea groups is 1. The van der Waals surface area contributed by atoms with E-state index in [1.54, 1.807) is 0 Å². The highest BCUT2D eigenvalue weighted by atomic mass is 19.3. The minimum Gasteiger partial charge on any atom is -0.454 e. The van der Waals surface area contributed by atoms with Gasteiger partial charge in [0.05, 0.1) is 0 Å². The molecule has 2 amide bonds. The summed E-state index contributed by atoms with van der Waals surface area (Å²) >= 11 is 0. The van der Waals surface area contributed by atoms with E-state index in [1.165, 1.54) is 24.4 Å². The summed E-state index contributed by atoms with van der Waals surface area (Å²) in [6.45, 7) is 0.671. The lowest BCUT2D eigenvalue weighted by atomic mass is 10.3. The van der Waals surface area contributed by atoms with Crippen LogP contribution in [0.3, 0.4) is 0 Å². The lowest BCUT2D eigenvalue weighted by Gasteiger charge is -2.18. The van der Waals surface area contributed by atoms with Crippen molar-refractivity contribution >= 4 is 12.2 Å². The highest BCUT2D eigenvalue weighted by molar-refractivity contribution is 5.75. The van der Waals surface area contributed by atoms with Crippen molar-refractivity contribution in [3.05, 3.63) is 35.9 Å². The third-order valence-electron chi connectivity index (χ3n) is 2.50. The Morgan fingerprint density at radius 3 is 2.78 bits per heavy atom. The molecule has 1 aliphatic heterocycles. The highest BCUT2D eigenvalue weighted by Gasteiger charge is 2.38. The van der Waals surface area contributed by atoms with Gasteiger partial charge in [-0.1, -0.05) is 9.69 Å². The van der Waals surface area contributed by atoms with E-state index in [2.05, 4.69) is 11.3 Å². The van der Waals surface area contributed by atoms with Gasteiger partial charge >= 0.3 is 12.0 Å². The SMILES string of the molecule is CC(F)(F)c1ccc(C[N+]2(C(N)=O)C=C[C]=N2)o1. The number of hydrogen-bond donors (Lipinski definition) is 1. The monoisotopic (exact) mass is 255 g/mol. The van der Waals surface area contributed by atoms with Gasteiger partial charge in [-0.2, -0.15) is 8.78 Å². The summed E-state index contributed by atoms with van der Waals surface area (Å²) < 4.78 is 30.4. The normalized spacial score (nSPS) is 22.6. The van der Waals surface area contributed by atoms with Crippen LogP contribution in [0.25, 0.3) is 0 Å². The summed E-state index contributed by atoms with van der Waals surface area (Å²) in [4.78, 5) is 11.4. The minimum absolute atomic E-state index is 0.0606. The number of carbonyl (C=O) groups excluding carboxylic acids is 1. The summed E-state index contributed by atoms with van der Waals surface area (Å²) in [5.74, 6) is -3.33. The van der Waals surface area contributed by atoms with Crippen molar-refractivity contribution in [1.82, 2.24) is 0 Å². The molecular formula is C11H11F2N3O2+. The van der Waals surface area contributed by atoms with Gasteiger partial charge in [0, 0.05) is 13.0 Å². The fourth-order valence-corrected chi connectivity index (χ4v) is 1.55. The number of primary amides is 1. The lowest BCUT2D eigenvalue weighted by molar-refractivity contribution is -0.816. The molecule has 0 saturated heterocycles. The van der Waals surface area contributed by atoms with Crippen LogP contribution < -0.4 is 5.73 Å². The average molecular weight is 255 g/mol. The van der Waals surface area contributed by atoms with Gasteiger partial charge in [-0.25, -0.2) is 4.79 Å². The van der Waals surface area contributed by atoms with Crippen LogP contribution in [0, 0.1) is 0 Å². The first-order chi connectivity index (χ1) is 8.33. The summed E-state index contributed by atoms with van der Waals surface area (Å²) in [6, 6.07) is 1.80. The van der Waals surface area contributed by atoms with Gasteiger partial charge in [-0.05, 0) is 12.1 Å². The molecule has 0 fully saturated rings. The zero-order chi connectivity index (χ0) is 13.4. The predicted octanol–water partition coefficient (Wildman–Crippen LogP) is 2.18. The molecule has 0 aliphatic carbocycles. The van der Waals surface area contributed by atoms with Crippen LogP contribution in [-0.2, 0) is 12.5 Å². The third kappa shape index (κ3) is 2.17. The molecule has 0 saturated carbocycles. The summed E-state index contributed by atoms with van der Waals surface area (Å²) in [7, 11) is 0. The van der Waals surface area contributed by atoms with E-state index >= 15 is 0 Å². The molecule has 5 nitrogen and oxygen atoms in total. The summed E-state index contributed by atoms with van der Waals surface area (Å²) in [5.41, 5.74) is 5.23. The van der Waals surface area contributed by atoms with E-state index < -0.39 is 22.3 Å². The van der Waals surface area contributed by atoms with Gasteiger partial charge in [-0.3, -0.25) is 0 Å². The Hall–Kier alpha value is -2.02. The summed E-state index contributed by atoms with van der Waals surface area (Å²) in [5, 5.41) is 3.79. The van der Waals surface area contributed by atoms with Gasteiger partial charge in [-0.15, -0.1) is 0 Å². The Kier molecular flexibility index (Phi) is 2.78. The number of nitrogens with two attached hydrogens (primary N) is 1. The number of nitrogens with zero attached hydrogens (tertiary/aromatic N) is 2. The quantitative estimate of drug-likeness (QED) is 0.841. The smallest absolute Gasteiger partial charge is 0.445 e. The number of hydrogen-bond acceptors (Lipinski definition) is 3. The second-order valence-corrected chi connectivity index (χ2v) is 4.02. The maximum absolute atomic E-state index is 13.0. The lowest BCUT2D eigenvalue weighted by Crippen LogP contribution is -2.45. The Balaban J connectivity index is 2.24. The molecular weight excluding hydrogens is 244 g/mol. The van der Waals surface area contributed by atoms with E-state index in [0.29, 0.717) is 0 Å². The largest absolute Gasteiger partial charge is 0.454 e. The second kappa shape index (κ2) is 4.02. The molecule has 1 radical (unpaired) electrons. The van der Waals surface area contributed by atoms with Crippen LogP contribution in [0.2, 0.25) is 0 Å². The minimum atomic E-state index is -3.06. The van der Waals surface area contributed by atoms with Crippen molar-refractivity contribution in [3.8, 4) is 0 Å². The Labute approximate surface area is 102 Å². The van der Waals surface area contributed by atoms with Crippen LogP contribution >= 0.6 is 0 Å². The van der Waals surface area contributed by atoms with Crippen LogP contribution in [0.5, 0.6) is 0 Å². The fraction of sp³-hybridized carbons (Fsp3) is 0.273. The molecule has 0 spiro atoms. The van der Waals surface area contributed by atoms with Crippen molar-refractivity contribution in [2.24, 2.45) is 10.8 Å². The van der Waals surface area contributed by atoms with Crippen molar-refractivity contribution in [2.45, 2.75) is 19.4 Å². The molecule has 2 heterocycles. The molecule has 1 aromatic heterocycles. The van der Waals surface area contributed by atoms with Crippen molar-refractivity contribution in [3.63, 3.8) is 0 Å². The van der Waals surface area contributed by atoms with Gasteiger partial charge in [0.1, 0.15) is 6.20 Å². The number of quaternary nitrogens is 1. The van der Waals surface area contributed by atoms with Gasteiger partial charge in [0.15, 0.2) is 24.3 Å². The summed E-state index contributed by atoms with van der Waals surface area (Å²) in [6.07, 6.45) is 5.32. The Morgan fingerprint density at radius 1 is 1.61 bits per heavy atom. The molecule has 1 unspecified atom stereocenters. The van der Waals surface area contributed by atoms with Crippen molar-refractivity contribution in [2.75, 3.05) is 0 Å². The number of carbonyl (C=O) groups is 1. The molecule has 1 atom stereocenters. The molecule has 1 aliphatic rings. The predicted molar refractivity (Wildman–Crippen MR) is 58.4 cm³/mol. The third-order valence-corrected chi connectivity index (χ3v) is 2.50. The first-order valence-electron chi connectivity index (χ1n) is 5.14. The van der Waals surface area contributed by atoms with Crippen molar-refractivity contribution in [1.29, 1.82) is 0 Å². The molecule has 95 valence electrons. The van der Waals surface area contributed by atoms with Crippen LogP contribution in [0.1, 0.15) is 18.4 Å². The van der Waals surface area contributed by atoms with E-state index in [-0.39, 0.29) is 12.3 Å². The number of furan rings is 1. The van der Waals surface area contributed by atoms with Crippen LogP contribution in [0.4, 0.5) is 13.6 Å². The fourth-order valence-electron chi connectivity index (χ4n) is 1.55. The van der Waals surface area contributed by atoms with Gasteiger partial charge in [0.25, 0.3) is 0 Å². The number of rotatable bonds is 3. The topological polar surface area (TPSA) is 68.6 Å². The Morgan fingerprint density at radius 2 is 2.33 bits per heavy atom. The second-order valence-electron chi connectivity index (χ2n) is 4.02. The zero-order valence-electron chi connectivity index (χ0n) is 9.56. The maximum Gasteiger partial charge on any atom is 0.445 e. The first-order valence-corrected chi connectivity index (χ1v) is 5.14. The molecule has 7 heteroatoms. The molecule has 0 bridgehead atoms. The highest BCUT2D eigenvalue weighted by Crippen LogP contribution is 2.30.